The Morgan fingerprint density at radius 1 is 0.875 bits per heavy atom. The van der Waals surface area contributed by atoms with E-state index in [1.165, 1.54) is 44.9 Å². The third kappa shape index (κ3) is 6.37. The van der Waals surface area contributed by atoms with Gasteiger partial charge in [-0.2, -0.15) is 0 Å². The lowest BCUT2D eigenvalue weighted by atomic mass is 10.0. The fourth-order valence-corrected chi connectivity index (χ4v) is 2.37. The van der Waals surface area contributed by atoms with Crippen LogP contribution in [-0.4, -0.2) is 17.8 Å². The van der Waals surface area contributed by atoms with Crippen LogP contribution in [0.3, 0.4) is 0 Å². The lowest BCUT2D eigenvalue weighted by Gasteiger charge is -2.11. The molecule has 1 aliphatic heterocycles. The minimum absolute atomic E-state index is 0.0266. The van der Waals surface area contributed by atoms with Gasteiger partial charge in [0, 0.05) is 6.54 Å². The highest BCUT2D eigenvalue weighted by Crippen LogP contribution is 2.14. The monoisotopic (exact) mass is 245 g/mol. The van der Waals surface area contributed by atoms with E-state index in [0.29, 0.717) is 0 Å². The smallest absolute Gasteiger partial charge is 0.238 e. The average Bonchev–Trinajstić information content (AvgIpc) is 2.29. The third-order valence-corrected chi connectivity index (χ3v) is 3.63. The van der Waals surface area contributed by atoms with E-state index < -0.39 is 0 Å². The van der Waals surface area contributed by atoms with Crippen molar-refractivity contribution in [2.45, 2.75) is 69.6 Å². The molecule has 1 N–H and O–H groups in total. The summed E-state index contributed by atoms with van der Waals surface area (Å²) in [5.74, 6) is 0.0266. The minimum atomic E-state index is -0.317. The number of nitrogens with one attached hydrogen (secondary N) is 1. The second-order valence-corrected chi connectivity index (χ2v) is 5.26. The average molecular weight is 246 g/mol. The fourth-order valence-electron chi connectivity index (χ4n) is 2.14. The van der Waals surface area contributed by atoms with Crippen LogP contribution in [0.25, 0.3) is 0 Å². The molecule has 1 fully saturated rings. The summed E-state index contributed by atoms with van der Waals surface area (Å²) in [6.07, 6.45) is 12.1. The van der Waals surface area contributed by atoms with Crippen LogP contribution in [0.15, 0.2) is 0 Å². The zero-order valence-electron chi connectivity index (χ0n) is 10.1. The van der Waals surface area contributed by atoms with E-state index in [0.717, 1.165) is 25.8 Å². The zero-order valence-corrected chi connectivity index (χ0v) is 10.9. The van der Waals surface area contributed by atoms with Gasteiger partial charge in [-0.3, -0.25) is 4.79 Å². The Labute approximate surface area is 104 Å². The summed E-state index contributed by atoms with van der Waals surface area (Å²) in [4.78, 5) is 11.5. The molecule has 1 saturated heterocycles. The van der Waals surface area contributed by atoms with Crippen LogP contribution < -0.4 is 5.32 Å². The maximum absolute atomic E-state index is 11.5. The van der Waals surface area contributed by atoms with Gasteiger partial charge in [0.25, 0.3) is 0 Å². The van der Waals surface area contributed by atoms with Crippen molar-refractivity contribution in [2.24, 2.45) is 0 Å². The van der Waals surface area contributed by atoms with E-state index in [9.17, 15) is 4.79 Å². The maximum atomic E-state index is 11.5. The van der Waals surface area contributed by atoms with Gasteiger partial charge in [-0.15, -0.1) is 11.6 Å². The topological polar surface area (TPSA) is 29.1 Å². The number of carbonyl (C=O) groups excluding carboxylic acids is 1. The molecule has 1 heterocycles. The number of rotatable bonds is 0. The Bertz CT molecular complexity index is 196. The van der Waals surface area contributed by atoms with E-state index in [1.807, 2.05) is 0 Å². The molecule has 1 atom stereocenters. The van der Waals surface area contributed by atoms with Gasteiger partial charge in [0.05, 0.1) is 0 Å². The molecule has 0 spiro atoms. The summed E-state index contributed by atoms with van der Waals surface area (Å²) >= 11 is 6.02. The molecule has 0 aromatic rings. The quantitative estimate of drug-likeness (QED) is 0.649. The van der Waals surface area contributed by atoms with E-state index in [1.54, 1.807) is 0 Å². The molecule has 0 aromatic heterocycles. The fraction of sp³-hybridized carbons (Fsp3) is 0.923. The molecule has 0 aliphatic carbocycles. The Morgan fingerprint density at radius 2 is 1.38 bits per heavy atom. The molecule has 1 rings (SSSR count). The van der Waals surface area contributed by atoms with Crippen LogP contribution in [0.4, 0.5) is 0 Å². The van der Waals surface area contributed by atoms with Gasteiger partial charge < -0.3 is 5.32 Å². The third-order valence-electron chi connectivity index (χ3n) is 3.22. The van der Waals surface area contributed by atoms with Gasteiger partial charge >= 0.3 is 0 Å². The summed E-state index contributed by atoms with van der Waals surface area (Å²) < 4.78 is 0. The molecule has 94 valence electrons. The van der Waals surface area contributed by atoms with Crippen LogP contribution in [0.5, 0.6) is 0 Å². The summed E-state index contributed by atoms with van der Waals surface area (Å²) in [7, 11) is 0. The Kier molecular flexibility index (Phi) is 7.65. The van der Waals surface area contributed by atoms with Crippen molar-refractivity contribution in [1.29, 1.82) is 0 Å². The number of alkyl halides is 1. The summed E-state index contributed by atoms with van der Waals surface area (Å²) in [5, 5.41) is 2.60. The lowest BCUT2D eigenvalue weighted by molar-refractivity contribution is -0.120. The number of hydrogen-bond donors (Lipinski definition) is 1. The molecule has 2 nitrogen and oxygen atoms in total. The molecular weight excluding hydrogens is 222 g/mol. The summed E-state index contributed by atoms with van der Waals surface area (Å²) in [6.45, 7) is 0.794. The van der Waals surface area contributed by atoms with E-state index in [2.05, 4.69) is 5.32 Å². The summed E-state index contributed by atoms with van der Waals surface area (Å²) in [6, 6.07) is 0. The van der Waals surface area contributed by atoms with Gasteiger partial charge in [0.1, 0.15) is 5.38 Å². The van der Waals surface area contributed by atoms with Gasteiger partial charge in [-0.25, -0.2) is 0 Å². The standard InChI is InChI=1S/C13H24ClNO/c14-12-10-8-6-4-2-1-3-5-7-9-11-15-13(12)16/h12H,1-11H2,(H,15,16). The minimum Gasteiger partial charge on any atom is -0.355 e. The first-order valence-corrected chi connectivity index (χ1v) is 7.16. The van der Waals surface area contributed by atoms with Crippen molar-refractivity contribution in [3.05, 3.63) is 0 Å². The van der Waals surface area contributed by atoms with Crippen molar-refractivity contribution in [1.82, 2.24) is 5.32 Å². The van der Waals surface area contributed by atoms with Crippen LogP contribution in [0.1, 0.15) is 64.2 Å². The molecule has 0 bridgehead atoms. The largest absolute Gasteiger partial charge is 0.355 e. The first-order chi connectivity index (χ1) is 7.80. The van der Waals surface area contributed by atoms with E-state index in [4.69, 9.17) is 11.6 Å². The zero-order chi connectivity index (χ0) is 11.6. The van der Waals surface area contributed by atoms with Crippen molar-refractivity contribution in [3.63, 3.8) is 0 Å². The molecular formula is C13H24ClNO. The SMILES string of the molecule is O=C1NCCCCCCCCCCCC1Cl. The van der Waals surface area contributed by atoms with Crippen molar-refractivity contribution in [2.75, 3.05) is 6.54 Å². The summed E-state index contributed by atoms with van der Waals surface area (Å²) in [5.41, 5.74) is 0. The highest BCUT2D eigenvalue weighted by Gasteiger charge is 2.13. The molecule has 1 aliphatic rings. The van der Waals surface area contributed by atoms with Crippen molar-refractivity contribution in [3.8, 4) is 0 Å². The van der Waals surface area contributed by atoms with Gasteiger partial charge in [-0.05, 0) is 12.8 Å². The molecule has 1 amide bonds. The Morgan fingerprint density at radius 3 is 2.00 bits per heavy atom. The van der Waals surface area contributed by atoms with E-state index in [-0.39, 0.29) is 11.3 Å². The maximum Gasteiger partial charge on any atom is 0.238 e. The van der Waals surface area contributed by atoms with Crippen molar-refractivity contribution >= 4 is 17.5 Å². The molecule has 1 unspecified atom stereocenters. The first kappa shape index (κ1) is 13.8. The molecule has 0 saturated carbocycles. The lowest BCUT2D eigenvalue weighted by Crippen LogP contribution is -2.32. The first-order valence-electron chi connectivity index (χ1n) is 6.72. The predicted octanol–water partition coefficient (Wildman–Crippen LogP) is 3.62. The Balaban J connectivity index is 2.24. The molecule has 3 heteroatoms. The van der Waals surface area contributed by atoms with Gasteiger partial charge in [0.2, 0.25) is 5.91 Å². The van der Waals surface area contributed by atoms with Crippen LogP contribution >= 0.6 is 11.6 Å². The van der Waals surface area contributed by atoms with Crippen LogP contribution in [-0.2, 0) is 4.79 Å². The second kappa shape index (κ2) is 8.86. The van der Waals surface area contributed by atoms with Gasteiger partial charge in [-0.1, -0.05) is 51.4 Å². The van der Waals surface area contributed by atoms with Gasteiger partial charge in [0.15, 0.2) is 0 Å². The predicted molar refractivity (Wildman–Crippen MR) is 68.8 cm³/mol. The number of hydrogen-bond acceptors (Lipinski definition) is 1. The Hall–Kier alpha value is -0.240. The second-order valence-electron chi connectivity index (χ2n) is 4.73. The van der Waals surface area contributed by atoms with Crippen LogP contribution in [0.2, 0.25) is 0 Å². The number of carbonyl (C=O) groups is 1. The van der Waals surface area contributed by atoms with E-state index >= 15 is 0 Å². The highest BCUT2D eigenvalue weighted by atomic mass is 35.5. The molecule has 0 aromatic carbocycles. The van der Waals surface area contributed by atoms with Crippen molar-refractivity contribution < 1.29 is 4.79 Å². The number of halogens is 1. The number of amides is 1. The van der Waals surface area contributed by atoms with Crippen LogP contribution in [0, 0.1) is 0 Å². The normalized spacial score (nSPS) is 26.8. The highest BCUT2D eigenvalue weighted by molar-refractivity contribution is 6.30. The molecule has 0 radical (unpaired) electrons. The molecule has 16 heavy (non-hydrogen) atoms.